The molecule has 0 bridgehead atoms. The van der Waals surface area contributed by atoms with E-state index in [0.717, 1.165) is 31.2 Å². The number of phenols is 1. The number of aromatic hydroxyl groups is 1. The van der Waals surface area contributed by atoms with Gasteiger partial charge >= 0.3 is 0 Å². The van der Waals surface area contributed by atoms with Gasteiger partial charge in [-0.1, -0.05) is 37.5 Å². The van der Waals surface area contributed by atoms with Gasteiger partial charge in [-0.2, -0.15) is 0 Å². The van der Waals surface area contributed by atoms with E-state index in [0.29, 0.717) is 12.3 Å². The summed E-state index contributed by atoms with van der Waals surface area (Å²) < 4.78 is 0. The Morgan fingerprint density at radius 1 is 1.22 bits per heavy atom. The first-order chi connectivity index (χ1) is 8.61. The lowest BCUT2D eigenvalue weighted by Crippen LogP contribution is -2.42. The Labute approximate surface area is 109 Å². The topological polar surface area (TPSA) is 52.5 Å². The van der Waals surface area contributed by atoms with Crippen LogP contribution in [0, 0.1) is 0 Å². The highest BCUT2D eigenvalue weighted by Gasteiger charge is 2.29. The largest absolute Gasteiger partial charge is 0.508 e. The first-order valence-electron chi connectivity index (χ1n) is 6.84. The van der Waals surface area contributed by atoms with E-state index in [4.69, 9.17) is 0 Å². The molecule has 0 saturated heterocycles. The molecule has 1 atom stereocenters. The third-order valence-electron chi connectivity index (χ3n) is 3.92. The fraction of sp³-hybridized carbons (Fsp3) is 0.600. The third-order valence-corrected chi connectivity index (χ3v) is 3.92. The van der Waals surface area contributed by atoms with Gasteiger partial charge in [0.2, 0.25) is 0 Å². The van der Waals surface area contributed by atoms with Crippen LogP contribution in [0.4, 0.5) is 0 Å². The number of nitrogens with one attached hydrogen (secondary N) is 1. The molecular formula is C15H23NO2. The molecule has 0 aliphatic heterocycles. The fourth-order valence-electron chi connectivity index (χ4n) is 2.69. The van der Waals surface area contributed by atoms with Gasteiger partial charge in [0, 0.05) is 18.2 Å². The fourth-order valence-corrected chi connectivity index (χ4v) is 2.69. The van der Waals surface area contributed by atoms with E-state index in [9.17, 15) is 10.2 Å². The van der Waals surface area contributed by atoms with E-state index < -0.39 is 5.60 Å². The Balaban J connectivity index is 1.92. The van der Waals surface area contributed by atoms with Crippen LogP contribution in [0.25, 0.3) is 0 Å². The lowest BCUT2D eigenvalue weighted by molar-refractivity contribution is 0.00294. The van der Waals surface area contributed by atoms with Crippen LogP contribution in [-0.2, 0) is 0 Å². The summed E-state index contributed by atoms with van der Waals surface area (Å²) in [7, 11) is 0. The van der Waals surface area contributed by atoms with Crippen LogP contribution in [0.3, 0.4) is 0 Å². The molecule has 3 heteroatoms. The van der Waals surface area contributed by atoms with Gasteiger partial charge in [-0.3, -0.25) is 0 Å². The number of phenolic OH excluding ortho intramolecular Hbond substituents is 1. The second kappa shape index (κ2) is 5.72. The van der Waals surface area contributed by atoms with Crippen LogP contribution < -0.4 is 5.32 Å². The zero-order valence-electron chi connectivity index (χ0n) is 11.0. The van der Waals surface area contributed by atoms with Crippen molar-refractivity contribution in [2.24, 2.45) is 0 Å². The quantitative estimate of drug-likeness (QED) is 0.769. The molecule has 0 heterocycles. The third kappa shape index (κ3) is 3.24. The summed E-state index contributed by atoms with van der Waals surface area (Å²) in [5.41, 5.74) is 0.327. The van der Waals surface area contributed by atoms with E-state index in [1.165, 1.54) is 6.42 Å². The van der Waals surface area contributed by atoms with Gasteiger partial charge in [-0.15, -0.1) is 0 Å². The zero-order valence-corrected chi connectivity index (χ0v) is 11.0. The molecule has 1 unspecified atom stereocenters. The van der Waals surface area contributed by atoms with Crippen LogP contribution >= 0.6 is 0 Å². The molecule has 1 aliphatic rings. The van der Waals surface area contributed by atoms with E-state index in [-0.39, 0.29) is 6.04 Å². The first kappa shape index (κ1) is 13.4. The SMILES string of the molecule is CC(NCC1(O)CCCCC1)c1ccccc1O. The van der Waals surface area contributed by atoms with Gasteiger partial charge < -0.3 is 15.5 Å². The van der Waals surface area contributed by atoms with Crippen LogP contribution in [0.2, 0.25) is 0 Å². The van der Waals surface area contributed by atoms with E-state index in [2.05, 4.69) is 5.32 Å². The molecule has 1 aromatic rings. The molecular weight excluding hydrogens is 226 g/mol. The number of para-hydroxylation sites is 1. The second-order valence-electron chi connectivity index (χ2n) is 5.45. The van der Waals surface area contributed by atoms with Gasteiger partial charge in [0.25, 0.3) is 0 Å². The van der Waals surface area contributed by atoms with Crippen molar-refractivity contribution in [1.29, 1.82) is 0 Å². The summed E-state index contributed by atoms with van der Waals surface area (Å²) >= 11 is 0. The van der Waals surface area contributed by atoms with E-state index >= 15 is 0 Å². The molecule has 3 N–H and O–H groups in total. The van der Waals surface area contributed by atoms with Gasteiger partial charge in [-0.05, 0) is 25.8 Å². The Hall–Kier alpha value is -1.06. The summed E-state index contributed by atoms with van der Waals surface area (Å²) in [6, 6.07) is 7.40. The van der Waals surface area contributed by atoms with Gasteiger partial charge in [0.1, 0.15) is 5.75 Å². The lowest BCUT2D eigenvalue weighted by atomic mass is 9.84. The Bertz CT molecular complexity index is 386. The predicted molar refractivity (Wildman–Crippen MR) is 72.6 cm³/mol. The maximum Gasteiger partial charge on any atom is 0.120 e. The van der Waals surface area contributed by atoms with Crippen LogP contribution in [-0.4, -0.2) is 22.4 Å². The molecule has 0 radical (unpaired) electrons. The van der Waals surface area contributed by atoms with Crippen molar-refractivity contribution in [1.82, 2.24) is 5.32 Å². The molecule has 3 nitrogen and oxygen atoms in total. The summed E-state index contributed by atoms with van der Waals surface area (Å²) in [6.07, 6.45) is 5.23. The van der Waals surface area contributed by atoms with E-state index in [1.807, 2.05) is 25.1 Å². The smallest absolute Gasteiger partial charge is 0.120 e. The minimum atomic E-state index is -0.559. The Kier molecular flexibility index (Phi) is 4.25. The minimum absolute atomic E-state index is 0.0529. The van der Waals surface area contributed by atoms with Crippen LogP contribution in [0.1, 0.15) is 50.6 Å². The highest BCUT2D eigenvalue weighted by Crippen LogP contribution is 2.29. The monoisotopic (exact) mass is 249 g/mol. The summed E-state index contributed by atoms with van der Waals surface area (Å²) in [5, 5.41) is 23.5. The Morgan fingerprint density at radius 2 is 1.89 bits per heavy atom. The minimum Gasteiger partial charge on any atom is -0.508 e. The molecule has 1 aliphatic carbocycles. The molecule has 100 valence electrons. The van der Waals surface area contributed by atoms with Crippen molar-refractivity contribution in [2.45, 2.75) is 50.7 Å². The standard InChI is InChI=1S/C15H23NO2/c1-12(13-7-3-4-8-14(13)17)16-11-15(18)9-5-2-6-10-15/h3-4,7-8,12,16-18H,2,5-6,9-11H2,1H3. The molecule has 1 saturated carbocycles. The normalized spacial score (nSPS) is 20.6. The maximum atomic E-state index is 10.4. The number of hydrogen-bond donors (Lipinski definition) is 3. The molecule has 0 spiro atoms. The Morgan fingerprint density at radius 3 is 2.56 bits per heavy atom. The van der Waals surface area contributed by atoms with Crippen molar-refractivity contribution in [2.75, 3.05) is 6.54 Å². The van der Waals surface area contributed by atoms with Gasteiger partial charge in [0.05, 0.1) is 5.60 Å². The highest BCUT2D eigenvalue weighted by molar-refractivity contribution is 5.34. The molecule has 1 aromatic carbocycles. The molecule has 18 heavy (non-hydrogen) atoms. The predicted octanol–water partition coefficient (Wildman–Crippen LogP) is 2.74. The number of hydrogen-bond acceptors (Lipinski definition) is 3. The highest BCUT2D eigenvalue weighted by atomic mass is 16.3. The molecule has 1 fully saturated rings. The molecule has 0 aromatic heterocycles. The number of rotatable bonds is 4. The lowest BCUT2D eigenvalue weighted by Gasteiger charge is -2.33. The van der Waals surface area contributed by atoms with Gasteiger partial charge in [-0.25, -0.2) is 0 Å². The average Bonchev–Trinajstić information content (AvgIpc) is 2.38. The van der Waals surface area contributed by atoms with Crippen molar-refractivity contribution in [3.63, 3.8) is 0 Å². The summed E-state index contributed by atoms with van der Waals surface area (Å²) in [6.45, 7) is 2.61. The average molecular weight is 249 g/mol. The maximum absolute atomic E-state index is 10.4. The summed E-state index contributed by atoms with van der Waals surface area (Å²) in [4.78, 5) is 0. The van der Waals surface area contributed by atoms with Crippen LogP contribution in [0.5, 0.6) is 5.75 Å². The molecule has 0 amide bonds. The molecule has 2 rings (SSSR count). The van der Waals surface area contributed by atoms with Crippen molar-refractivity contribution in [3.05, 3.63) is 29.8 Å². The number of benzene rings is 1. The van der Waals surface area contributed by atoms with Crippen LogP contribution in [0.15, 0.2) is 24.3 Å². The van der Waals surface area contributed by atoms with Crippen molar-refractivity contribution < 1.29 is 10.2 Å². The second-order valence-corrected chi connectivity index (χ2v) is 5.45. The first-order valence-corrected chi connectivity index (χ1v) is 6.84. The van der Waals surface area contributed by atoms with Crippen molar-refractivity contribution in [3.8, 4) is 5.75 Å². The number of aliphatic hydroxyl groups is 1. The summed E-state index contributed by atoms with van der Waals surface area (Å²) in [5.74, 6) is 0.313. The zero-order chi connectivity index (χ0) is 13.0. The van der Waals surface area contributed by atoms with E-state index in [1.54, 1.807) is 6.07 Å². The van der Waals surface area contributed by atoms with Crippen molar-refractivity contribution >= 4 is 0 Å². The van der Waals surface area contributed by atoms with Gasteiger partial charge in [0.15, 0.2) is 0 Å².